The van der Waals surface area contributed by atoms with Crippen LogP contribution in [0.3, 0.4) is 0 Å². The zero-order chi connectivity index (χ0) is 21.5. The molecule has 1 heterocycles. The largest absolute Gasteiger partial charge is 0.505 e. The third-order valence-corrected chi connectivity index (χ3v) is 4.80. The number of ether oxygens (including phenoxy) is 1. The lowest BCUT2D eigenvalue weighted by molar-refractivity contribution is -0.137. The van der Waals surface area contributed by atoms with Crippen molar-refractivity contribution in [2.45, 2.75) is 25.6 Å². The third-order valence-electron chi connectivity index (χ3n) is 4.80. The molecule has 1 aliphatic rings. The van der Waals surface area contributed by atoms with E-state index in [9.17, 15) is 32.6 Å². The molecule has 0 saturated carbocycles. The number of aliphatic carboxylic acids is 1. The first-order valence-corrected chi connectivity index (χ1v) is 8.52. The summed E-state index contributed by atoms with van der Waals surface area (Å²) in [6.45, 7) is 1.39. The number of hydrogen-bond acceptors (Lipinski definition) is 4. The molecule has 0 aromatic heterocycles. The van der Waals surface area contributed by atoms with Crippen LogP contribution < -0.4 is 4.90 Å². The van der Waals surface area contributed by atoms with Gasteiger partial charge in [-0.1, -0.05) is 19.1 Å². The van der Waals surface area contributed by atoms with E-state index in [1.54, 1.807) is 6.92 Å². The Morgan fingerprint density at radius 2 is 1.90 bits per heavy atom. The Kier molecular flexibility index (Phi) is 5.16. The molecule has 0 saturated heterocycles. The summed E-state index contributed by atoms with van der Waals surface area (Å²) in [5, 5.41) is 19.0. The number of rotatable bonds is 4. The smallest absolute Gasteiger partial charge is 0.416 e. The molecule has 0 aliphatic carbocycles. The van der Waals surface area contributed by atoms with Crippen molar-refractivity contribution < 1.29 is 37.3 Å². The number of phenolic OH excluding ortho intramolecular Hbond substituents is 1. The van der Waals surface area contributed by atoms with E-state index in [-0.39, 0.29) is 23.7 Å². The SMILES string of the molecule is COC1=C(C(=O)O)C(C)c2ccc(C(F)(F)F)cc2N1Cc1ccc(O)c(F)c1. The number of alkyl halides is 3. The van der Waals surface area contributed by atoms with Gasteiger partial charge in [-0.2, -0.15) is 13.2 Å². The molecule has 0 bridgehead atoms. The fraction of sp³-hybridized carbons (Fsp3) is 0.250. The normalized spacial score (nSPS) is 16.6. The van der Waals surface area contributed by atoms with Crippen LogP contribution in [0.25, 0.3) is 0 Å². The molecule has 3 rings (SSSR count). The number of carbonyl (C=O) groups is 1. The molecule has 0 amide bonds. The van der Waals surface area contributed by atoms with Crippen LogP contribution in [0.15, 0.2) is 47.9 Å². The Labute approximate surface area is 163 Å². The summed E-state index contributed by atoms with van der Waals surface area (Å²) >= 11 is 0. The highest BCUT2D eigenvalue weighted by molar-refractivity contribution is 5.92. The summed E-state index contributed by atoms with van der Waals surface area (Å²) in [5.41, 5.74) is -0.241. The van der Waals surface area contributed by atoms with Crippen molar-refractivity contribution >= 4 is 11.7 Å². The number of carboxylic acid groups (broad SMARTS) is 1. The summed E-state index contributed by atoms with van der Waals surface area (Å²) < 4.78 is 58.8. The van der Waals surface area contributed by atoms with Gasteiger partial charge in [0.05, 0.1) is 19.2 Å². The number of phenols is 1. The Hall–Kier alpha value is -3.23. The molecule has 5 nitrogen and oxygen atoms in total. The number of benzene rings is 2. The second-order valence-corrected chi connectivity index (χ2v) is 6.59. The topological polar surface area (TPSA) is 70.0 Å². The van der Waals surface area contributed by atoms with E-state index in [0.29, 0.717) is 11.1 Å². The van der Waals surface area contributed by atoms with Crippen LogP contribution in [-0.2, 0) is 22.3 Å². The first kappa shape index (κ1) is 20.5. The van der Waals surface area contributed by atoms with Crippen LogP contribution >= 0.6 is 0 Å². The molecule has 1 atom stereocenters. The average molecular weight is 411 g/mol. The van der Waals surface area contributed by atoms with E-state index in [1.807, 2.05) is 0 Å². The quantitative estimate of drug-likeness (QED) is 0.719. The number of nitrogens with zero attached hydrogens (tertiary/aromatic N) is 1. The van der Waals surface area contributed by atoms with Gasteiger partial charge in [-0.05, 0) is 35.4 Å². The van der Waals surface area contributed by atoms with Crippen LogP contribution in [0.1, 0.15) is 29.5 Å². The summed E-state index contributed by atoms with van der Waals surface area (Å²) in [6.07, 6.45) is -4.60. The minimum Gasteiger partial charge on any atom is -0.505 e. The molecule has 1 unspecified atom stereocenters. The van der Waals surface area contributed by atoms with E-state index in [1.165, 1.54) is 24.1 Å². The fourth-order valence-electron chi connectivity index (χ4n) is 3.40. The van der Waals surface area contributed by atoms with E-state index in [0.717, 1.165) is 24.3 Å². The number of halogens is 4. The highest BCUT2D eigenvalue weighted by atomic mass is 19.4. The molecule has 9 heteroatoms. The second kappa shape index (κ2) is 7.31. The lowest BCUT2D eigenvalue weighted by Crippen LogP contribution is -2.33. The lowest BCUT2D eigenvalue weighted by Gasteiger charge is -2.36. The monoisotopic (exact) mass is 411 g/mol. The van der Waals surface area contributed by atoms with Crippen LogP contribution in [0.5, 0.6) is 5.75 Å². The van der Waals surface area contributed by atoms with E-state index < -0.39 is 35.2 Å². The van der Waals surface area contributed by atoms with Gasteiger partial charge in [-0.3, -0.25) is 0 Å². The minimum atomic E-state index is -4.60. The van der Waals surface area contributed by atoms with Gasteiger partial charge in [0.25, 0.3) is 0 Å². The van der Waals surface area contributed by atoms with Gasteiger partial charge in [0.15, 0.2) is 11.6 Å². The molecule has 1 aliphatic heterocycles. The summed E-state index contributed by atoms with van der Waals surface area (Å²) in [5.74, 6) is -3.62. The van der Waals surface area contributed by atoms with E-state index >= 15 is 0 Å². The molecule has 2 aromatic rings. The third kappa shape index (κ3) is 3.72. The number of carboxylic acids is 1. The van der Waals surface area contributed by atoms with Crippen LogP contribution in [0.4, 0.5) is 23.2 Å². The number of hydrogen-bond donors (Lipinski definition) is 2. The lowest BCUT2D eigenvalue weighted by atomic mass is 9.87. The molecular weight excluding hydrogens is 394 g/mol. The van der Waals surface area contributed by atoms with Crippen molar-refractivity contribution in [1.29, 1.82) is 0 Å². The van der Waals surface area contributed by atoms with Crippen molar-refractivity contribution in [2.75, 3.05) is 12.0 Å². The maximum atomic E-state index is 13.7. The van der Waals surface area contributed by atoms with Crippen molar-refractivity contribution in [3.8, 4) is 5.75 Å². The maximum Gasteiger partial charge on any atom is 0.416 e. The zero-order valence-electron chi connectivity index (χ0n) is 15.4. The maximum absolute atomic E-state index is 13.7. The summed E-state index contributed by atoms with van der Waals surface area (Å²) in [7, 11) is 1.22. The van der Waals surface area contributed by atoms with Crippen LogP contribution in [-0.4, -0.2) is 23.3 Å². The number of anilines is 1. The summed E-state index contributed by atoms with van der Waals surface area (Å²) in [6, 6.07) is 6.57. The molecule has 2 aromatic carbocycles. The van der Waals surface area contributed by atoms with Gasteiger partial charge in [0.1, 0.15) is 5.57 Å². The average Bonchev–Trinajstić information content (AvgIpc) is 2.65. The van der Waals surface area contributed by atoms with Crippen LogP contribution in [0, 0.1) is 5.82 Å². The van der Waals surface area contributed by atoms with Gasteiger partial charge >= 0.3 is 12.1 Å². The van der Waals surface area contributed by atoms with Gasteiger partial charge in [0, 0.05) is 11.6 Å². The van der Waals surface area contributed by atoms with Gasteiger partial charge in [-0.25, -0.2) is 9.18 Å². The Balaban J connectivity index is 2.20. The predicted molar refractivity (Wildman–Crippen MR) is 95.8 cm³/mol. The Morgan fingerprint density at radius 3 is 2.45 bits per heavy atom. The number of methoxy groups -OCH3 is 1. The van der Waals surface area contributed by atoms with Crippen molar-refractivity contribution in [3.05, 3.63) is 70.4 Å². The molecule has 154 valence electrons. The Morgan fingerprint density at radius 1 is 1.21 bits per heavy atom. The first-order valence-electron chi connectivity index (χ1n) is 8.52. The van der Waals surface area contributed by atoms with Crippen molar-refractivity contribution in [2.24, 2.45) is 0 Å². The number of aromatic hydroxyl groups is 1. The molecule has 0 fully saturated rings. The first-order chi connectivity index (χ1) is 13.5. The summed E-state index contributed by atoms with van der Waals surface area (Å²) in [4.78, 5) is 13.1. The second-order valence-electron chi connectivity index (χ2n) is 6.59. The van der Waals surface area contributed by atoms with Crippen molar-refractivity contribution in [3.63, 3.8) is 0 Å². The molecule has 2 N–H and O–H groups in total. The highest BCUT2D eigenvalue weighted by Crippen LogP contribution is 2.44. The van der Waals surface area contributed by atoms with Gasteiger partial charge in [0.2, 0.25) is 5.88 Å². The molecule has 29 heavy (non-hydrogen) atoms. The van der Waals surface area contributed by atoms with Crippen molar-refractivity contribution in [1.82, 2.24) is 0 Å². The minimum absolute atomic E-state index is 0.114. The molecular formula is C20H17F4NO4. The number of fused-ring (bicyclic) bond motifs is 1. The Bertz CT molecular complexity index is 1000. The van der Waals surface area contributed by atoms with E-state index in [4.69, 9.17) is 4.74 Å². The molecule has 0 spiro atoms. The van der Waals surface area contributed by atoms with Gasteiger partial charge < -0.3 is 19.8 Å². The standard InChI is InChI=1S/C20H17F4NO4/c1-10-13-5-4-12(20(22,23)24)8-15(13)25(18(29-2)17(10)19(27)28)9-11-3-6-16(26)14(21)7-11/h3-8,10,26H,9H2,1-2H3,(H,27,28). The fourth-order valence-corrected chi connectivity index (χ4v) is 3.40. The van der Waals surface area contributed by atoms with Crippen LogP contribution in [0.2, 0.25) is 0 Å². The highest BCUT2D eigenvalue weighted by Gasteiger charge is 2.38. The zero-order valence-corrected chi connectivity index (χ0v) is 15.4. The predicted octanol–water partition coefficient (Wildman–Crippen LogP) is 4.62. The van der Waals surface area contributed by atoms with E-state index in [2.05, 4.69) is 0 Å². The molecule has 0 radical (unpaired) electrons. The van der Waals surface area contributed by atoms with Gasteiger partial charge in [-0.15, -0.1) is 0 Å².